The van der Waals surface area contributed by atoms with E-state index in [0.29, 0.717) is 12.2 Å². The van der Waals surface area contributed by atoms with Gasteiger partial charge < -0.3 is 16.2 Å². The van der Waals surface area contributed by atoms with Gasteiger partial charge in [0, 0.05) is 6.04 Å². The molecule has 0 spiro atoms. The quantitative estimate of drug-likeness (QED) is 0.734. The predicted octanol–water partition coefficient (Wildman–Crippen LogP) is 0.631. The number of rotatable bonds is 4. The van der Waals surface area contributed by atoms with Crippen molar-refractivity contribution in [3.8, 4) is 0 Å². The Morgan fingerprint density at radius 3 is 2.68 bits per heavy atom. The Morgan fingerprint density at radius 1 is 1.32 bits per heavy atom. The van der Waals surface area contributed by atoms with Gasteiger partial charge in [-0.05, 0) is 31.4 Å². The van der Waals surface area contributed by atoms with Crippen LogP contribution in [0.4, 0.5) is 5.82 Å². The summed E-state index contributed by atoms with van der Waals surface area (Å²) in [5, 5.41) is 19.7. The average molecular weight is 264 g/mol. The first-order chi connectivity index (χ1) is 9.06. The zero-order valence-corrected chi connectivity index (χ0v) is 10.4. The van der Waals surface area contributed by atoms with Crippen LogP contribution in [0.5, 0.6) is 0 Å². The third kappa shape index (κ3) is 3.40. The van der Waals surface area contributed by atoms with Gasteiger partial charge in [-0.15, -0.1) is 10.2 Å². The highest BCUT2D eigenvalue weighted by Gasteiger charge is 2.27. The second-order valence-electron chi connectivity index (χ2n) is 4.71. The van der Waals surface area contributed by atoms with E-state index in [4.69, 9.17) is 10.8 Å². The fourth-order valence-corrected chi connectivity index (χ4v) is 2.29. The molecule has 1 saturated carbocycles. The fourth-order valence-electron chi connectivity index (χ4n) is 2.29. The van der Waals surface area contributed by atoms with Gasteiger partial charge in [0.25, 0.3) is 5.91 Å². The Labute approximate surface area is 110 Å². The van der Waals surface area contributed by atoms with Crippen molar-refractivity contribution < 1.29 is 14.7 Å². The van der Waals surface area contributed by atoms with Crippen LogP contribution >= 0.6 is 0 Å². The molecule has 1 aliphatic carbocycles. The van der Waals surface area contributed by atoms with Crippen molar-refractivity contribution in [1.82, 2.24) is 10.2 Å². The maximum absolute atomic E-state index is 11.0. The van der Waals surface area contributed by atoms with Crippen LogP contribution in [0.2, 0.25) is 0 Å². The van der Waals surface area contributed by atoms with E-state index in [9.17, 15) is 9.59 Å². The SMILES string of the molecule is NC(=O)c1ccc(NC2CCCC(C(=O)O)C2)nn1. The molecule has 102 valence electrons. The number of carboxylic acid groups (broad SMARTS) is 1. The summed E-state index contributed by atoms with van der Waals surface area (Å²) in [4.78, 5) is 21.8. The fraction of sp³-hybridized carbons (Fsp3) is 0.500. The number of nitrogens with one attached hydrogen (secondary N) is 1. The highest BCUT2D eigenvalue weighted by atomic mass is 16.4. The molecule has 1 fully saturated rings. The highest BCUT2D eigenvalue weighted by molar-refractivity contribution is 5.90. The molecule has 1 aliphatic rings. The molecule has 2 unspecified atom stereocenters. The Morgan fingerprint density at radius 2 is 2.11 bits per heavy atom. The third-order valence-corrected chi connectivity index (χ3v) is 3.29. The number of nitrogens with two attached hydrogens (primary N) is 1. The molecule has 2 rings (SSSR count). The van der Waals surface area contributed by atoms with Gasteiger partial charge >= 0.3 is 5.97 Å². The molecule has 0 bridgehead atoms. The van der Waals surface area contributed by atoms with E-state index < -0.39 is 11.9 Å². The lowest BCUT2D eigenvalue weighted by Crippen LogP contribution is -2.31. The zero-order valence-electron chi connectivity index (χ0n) is 10.4. The number of hydrogen-bond donors (Lipinski definition) is 3. The summed E-state index contributed by atoms with van der Waals surface area (Å²) in [6.07, 6.45) is 3.08. The lowest BCUT2D eigenvalue weighted by atomic mass is 9.86. The van der Waals surface area contributed by atoms with E-state index in [-0.39, 0.29) is 17.7 Å². The minimum atomic E-state index is -0.748. The summed E-state index contributed by atoms with van der Waals surface area (Å²) in [5.41, 5.74) is 5.18. The second-order valence-corrected chi connectivity index (χ2v) is 4.71. The van der Waals surface area contributed by atoms with Gasteiger partial charge in [0.1, 0.15) is 5.82 Å². The summed E-state index contributed by atoms with van der Waals surface area (Å²) in [5.74, 6) is -1.14. The van der Waals surface area contributed by atoms with E-state index in [0.717, 1.165) is 19.3 Å². The number of amides is 1. The molecule has 19 heavy (non-hydrogen) atoms. The average Bonchev–Trinajstić information content (AvgIpc) is 2.39. The number of carboxylic acids is 1. The molecule has 0 saturated heterocycles. The topological polar surface area (TPSA) is 118 Å². The monoisotopic (exact) mass is 264 g/mol. The molecule has 1 heterocycles. The van der Waals surface area contributed by atoms with E-state index in [1.807, 2.05) is 0 Å². The minimum Gasteiger partial charge on any atom is -0.481 e. The third-order valence-electron chi connectivity index (χ3n) is 3.29. The second kappa shape index (κ2) is 5.64. The van der Waals surface area contributed by atoms with Gasteiger partial charge in [-0.3, -0.25) is 9.59 Å². The zero-order chi connectivity index (χ0) is 13.8. The van der Waals surface area contributed by atoms with Crippen molar-refractivity contribution >= 4 is 17.7 Å². The van der Waals surface area contributed by atoms with Crippen LogP contribution in [0.1, 0.15) is 36.2 Å². The van der Waals surface area contributed by atoms with Crippen molar-refractivity contribution in [2.75, 3.05) is 5.32 Å². The van der Waals surface area contributed by atoms with Crippen LogP contribution in [0.25, 0.3) is 0 Å². The summed E-state index contributed by atoms with van der Waals surface area (Å²) >= 11 is 0. The van der Waals surface area contributed by atoms with E-state index in [1.54, 1.807) is 6.07 Å². The van der Waals surface area contributed by atoms with Gasteiger partial charge in [0.05, 0.1) is 5.92 Å². The first-order valence-corrected chi connectivity index (χ1v) is 6.19. The van der Waals surface area contributed by atoms with Crippen LogP contribution < -0.4 is 11.1 Å². The molecule has 1 aromatic rings. The van der Waals surface area contributed by atoms with Gasteiger partial charge in [0.2, 0.25) is 0 Å². The van der Waals surface area contributed by atoms with Gasteiger partial charge in [0.15, 0.2) is 5.69 Å². The lowest BCUT2D eigenvalue weighted by molar-refractivity contribution is -0.142. The number of primary amides is 1. The van der Waals surface area contributed by atoms with Gasteiger partial charge in [-0.1, -0.05) is 6.42 Å². The highest BCUT2D eigenvalue weighted by Crippen LogP contribution is 2.26. The van der Waals surface area contributed by atoms with Crippen LogP contribution in [-0.2, 0) is 4.79 Å². The summed E-state index contributed by atoms with van der Waals surface area (Å²) in [6, 6.07) is 3.19. The number of hydrogen-bond acceptors (Lipinski definition) is 5. The summed E-state index contributed by atoms with van der Waals surface area (Å²) in [6.45, 7) is 0. The smallest absolute Gasteiger partial charge is 0.306 e. The van der Waals surface area contributed by atoms with E-state index in [1.165, 1.54) is 6.07 Å². The van der Waals surface area contributed by atoms with Crippen molar-refractivity contribution in [2.45, 2.75) is 31.7 Å². The van der Waals surface area contributed by atoms with Crippen molar-refractivity contribution in [3.05, 3.63) is 17.8 Å². The van der Waals surface area contributed by atoms with Crippen LogP contribution in [0.3, 0.4) is 0 Å². The Bertz CT molecular complexity index is 474. The molecular formula is C12H16N4O3. The van der Waals surface area contributed by atoms with Crippen molar-refractivity contribution in [3.63, 3.8) is 0 Å². The Balaban J connectivity index is 1.96. The maximum atomic E-state index is 11.0. The number of carbonyl (C=O) groups excluding carboxylic acids is 1. The van der Waals surface area contributed by atoms with Crippen molar-refractivity contribution in [2.24, 2.45) is 11.7 Å². The molecule has 0 radical (unpaired) electrons. The number of carbonyl (C=O) groups is 2. The number of aromatic nitrogens is 2. The maximum Gasteiger partial charge on any atom is 0.306 e. The van der Waals surface area contributed by atoms with E-state index >= 15 is 0 Å². The predicted molar refractivity (Wildman–Crippen MR) is 67.6 cm³/mol. The van der Waals surface area contributed by atoms with Gasteiger partial charge in [-0.25, -0.2) is 0 Å². The first kappa shape index (κ1) is 13.3. The number of nitrogens with zero attached hydrogens (tertiary/aromatic N) is 2. The molecular weight excluding hydrogens is 248 g/mol. The van der Waals surface area contributed by atoms with Gasteiger partial charge in [-0.2, -0.15) is 0 Å². The number of anilines is 1. The molecule has 0 aliphatic heterocycles. The molecule has 2 atom stereocenters. The van der Waals surface area contributed by atoms with Crippen LogP contribution in [-0.4, -0.2) is 33.2 Å². The molecule has 1 amide bonds. The van der Waals surface area contributed by atoms with E-state index in [2.05, 4.69) is 15.5 Å². The van der Waals surface area contributed by atoms with Crippen molar-refractivity contribution in [1.29, 1.82) is 0 Å². The Hall–Kier alpha value is -2.18. The molecule has 4 N–H and O–H groups in total. The largest absolute Gasteiger partial charge is 0.481 e. The normalized spacial score (nSPS) is 22.7. The lowest BCUT2D eigenvalue weighted by Gasteiger charge is -2.27. The Kier molecular flexibility index (Phi) is 3.94. The van der Waals surface area contributed by atoms with Crippen LogP contribution in [0.15, 0.2) is 12.1 Å². The summed E-state index contributed by atoms with van der Waals surface area (Å²) in [7, 11) is 0. The minimum absolute atomic E-state index is 0.0728. The summed E-state index contributed by atoms with van der Waals surface area (Å²) < 4.78 is 0. The molecule has 7 nitrogen and oxygen atoms in total. The van der Waals surface area contributed by atoms with Crippen LogP contribution in [0, 0.1) is 5.92 Å². The number of aliphatic carboxylic acids is 1. The molecule has 1 aromatic heterocycles. The first-order valence-electron chi connectivity index (χ1n) is 6.19. The standard InChI is InChI=1S/C12H16N4O3/c13-11(17)9-4-5-10(16-15-9)14-8-3-1-2-7(6-8)12(18)19/h4-5,7-8H,1-3,6H2,(H2,13,17)(H,14,16)(H,18,19). The molecule has 0 aromatic carbocycles. The molecule has 7 heteroatoms.